The van der Waals surface area contributed by atoms with Crippen molar-refractivity contribution in [1.29, 1.82) is 0 Å². The molecule has 1 aromatic heterocycles. The number of benzene rings is 2. The Bertz CT molecular complexity index is 1180. The van der Waals surface area contributed by atoms with Crippen LogP contribution in [-0.4, -0.2) is 37.0 Å². The van der Waals surface area contributed by atoms with Crippen molar-refractivity contribution in [2.24, 2.45) is 0 Å². The van der Waals surface area contributed by atoms with Gasteiger partial charge in [-0.3, -0.25) is 0 Å². The highest BCUT2D eigenvalue weighted by molar-refractivity contribution is 7.90. The lowest BCUT2D eigenvalue weighted by atomic mass is 10.1. The highest BCUT2D eigenvalue weighted by Gasteiger charge is 2.52. The molecule has 0 bridgehead atoms. The van der Waals surface area contributed by atoms with E-state index in [1.807, 2.05) is 51.1 Å². The van der Waals surface area contributed by atoms with Crippen LogP contribution in [0, 0.1) is 6.92 Å². The summed E-state index contributed by atoms with van der Waals surface area (Å²) in [6.45, 7) is 6.02. The molecule has 2 aliphatic heterocycles. The average Bonchev–Trinajstić information content (AvgIpc) is 3.31. The van der Waals surface area contributed by atoms with Gasteiger partial charge in [0.25, 0.3) is 10.0 Å². The Morgan fingerprint density at radius 1 is 1.03 bits per heavy atom. The van der Waals surface area contributed by atoms with Gasteiger partial charge in [0.05, 0.1) is 22.7 Å². The van der Waals surface area contributed by atoms with Gasteiger partial charge in [-0.1, -0.05) is 35.9 Å². The lowest BCUT2D eigenvalue weighted by molar-refractivity contribution is -0.176. The second-order valence-electron chi connectivity index (χ2n) is 8.10. The fraction of sp³-hybridized carbons (Fsp3) is 0.364. The van der Waals surface area contributed by atoms with Crippen LogP contribution in [0.3, 0.4) is 0 Å². The number of para-hydroxylation sites is 1. The Hall–Kier alpha value is -2.19. The third-order valence-electron chi connectivity index (χ3n) is 5.50. The standard InChI is InChI=1S/C22H23NO5S/c1-14-8-10-16(11-9-14)29(24,25)23-17-7-5-4-6-15(17)12-18(23)20-21-19(13-26-20)27-22(2,3)28-21/h4-12,19-21H,13H2,1-3H3/t19-,20-,21-/m1/s1. The number of aryl methyl sites for hydroxylation is 1. The van der Waals surface area contributed by atoms with Crippen LogP contribution in [0.1, 0.15) is 31.2 Å². The molecule has 2 saturated heterocycles. The lowest BCUT2D eigenvalue weighted by Crippen LogP contribution is -2.27. The van der Waals surface area contributed by atoms with Crippen molar-refractivity contribution in [3.05, 3.63) is 65.9 Å². The molecule has 2 aliphatic rings. The van der Waals surface area contributed by atoms with E-state index in [2.05, 4.69) is 0 Å². The Morgan fingerprint density at radius 2 is 1.76 bits per heavy atom. The van der Waals surface area contributed by atoms with E-state index >= 15 is 0 Å². The molecule has 0 spiro atoms. The molecule has 29 heavy (non-hydrogen) atoms. The number of rotatable bonds is 3. The van der Waals surface area contributed by atoms with E-state index in [1.165, 1.54) is 3.97 Å². The summed E-state index contributed by atoms with van der Waals surface area (Å²) < 4.78 is 46.7. The quantitative estimate of drug-likeness (QED) is 0.654. The third kappa shape index (κ3) is 3.00. The minimum Gasteiger partial charge on any atom is -0.366 e. The van der Waals surface area contributed by atoms with Crippen molar-refractivity contribution >= 4 is 20.9 Å². The van der Waals surface area contributed by atoms with E-state index in [1.54, 1.807) is 24.3 Å². The molecule has 2 aromatic carbocycles. The zero-order valence-corrected chi connectivity index (χ0v) is 17.3. The van der Waals surface area contributed by atoms with Gasteiger partial charge >= 0.3 is 0 Å². The summed E-state index contributed by atoms with van der Waals surface area (Å²) in [6, 6.07) is 16.2. The molecule has 0 saturated carbocycles. The smallest absolute Gasteiger partial charge is 0.268 e. The second-order valence-corrected chi connectivity index (χ2v) is 9.89. The van der Waals surface area contributed by atoms with E-state index in [0.717, 1.165) is 10.9 Å². The SMILES string of the molecule is Cc1ccc(S(=O)(=O)n2c([C@H]3OC[C@H]4OC(C)(C)O[C@@H]34)cc3ccccc32)cc1. The van der Waals surface area contributed by atoms with Crippen LogP contribution in [-0.2, 0) is 24.2 Å². The first kappa shape index (κ1) is 18.8. The van der Waals surface area contributed by atoms with Crippen LogP contribution in [0.25, 0.3) is 10.9 Å². The van der Waals surface area contributed by atoms with Crippen LogP contribution in [0.2, 0.25) is 0 Å². The van der Waals surface area contributed by atoms with Gasteiger partial charge < -0.3 is 14.2 Å². The van der Waals surface area contributed by atoms with E-state index in [-0.39, 0.29) is 17.1 Å². The highest BCUT2D eigenvalue weighted by atomic mass is 32.2. The van der Waals surface area contributed by atoms with Crippen LogP contribution >= 0.6 is 0 Å². The Labute approximate surface area is 170 Å². The molecule has 152 valence electrons. The first-order valence-electron chi connectivity index (χ1n) is 9.66. The van der Waals surface area contributed by atoms with E-state index in [4.69, 9.17) is 14.2 Å². The Balaban J connectivity index is 1.69. The maximum Gasteiger partial charge on any atom is 0.268 e. The molecule has 0 amide bonds. The largest absolute Gasteiger partial charge is 0.366 e. The van der Waals surface area contributed by atoms with Crippen LogP contribution in [0.5, 0.6) is 0 Å². The molecule has 6 nitrogen and oxygen atoms in total. The number of aromatic nitrogens is 1. The van der Waals surface area contributed by atoms with Crippen molar-refractivity contribution in [3.63, 3.8) is 0 Å². The molecule has 0 unspecified atom stereocenters. The number of ether oxygens (including phenoxy) is 3. The van der Waals surface area contributed by atoms with Crippen LogP contribution < -0.4 is 0 Å². The first-order valence-corrected chi connectivity index (χ1v) is 11.1. The molecule has 3 atom stereocenters. The summed E-state index contributed by atoms with van der Waals surface area (Å²) in [5, 5.41) is 0.836. The summed E-state index contributed by atoms with van der Waals surface area (Å²) in [7, 11) is -3.82. The van der Waals surface area contributed by atoms with Crippen molar-refractivity contribution in [2.45, 2.75) is 49.8 Å². The predicted octanol–water partition coefficient (Wildman–Crippen LogP) is 3.78. The molecule has 0 N–H and O–H groups in total. The second kappa shape index (κ2) is 6.40. The van der Waals surface area contributed by atoms with Crippen molar-refractivity contribution in [2.75, 3.05) is 6.61 Å². The molecule has 3 heterocycles. The topological polar surface area (TPSA) is 66.8 Å². The first-order chi connectivity index (χ1) is 13.8. The fourth-order valence-corrected chi connectivity index (χ4v) is 5.78. The molecule has 0 radical (unpaired) electrons. The van der Waals surface area contributed by atoms with Gasteiger partial charge in [0, 0.05) is 5.39 Å². The van der Waals surface area contributed by atoms with Gasteiger partial charge in [0.1, 0.15) is 18.3 Å². The van der Waals surface area contributed by atoms with Crippen molar-refractivity contribution in [3.8, 4) is 0 Å². The fourth-order valence-electron chi connectivity index (χ4n) is 4.23. The normalized spacial score (nSPS) is 26.1. The van der Waals surface area contributed by atoms with Gasteiger partial charge in [0.15, 0.2) is 5.79 Å². The molecule has 0 aliphatic carbocycles. The molecular weight excluding hydrogens is 390 g/mol. The minimum absolute atomic E-state index is 0.219. The molecule has 3 aromatic rings. The lowest BCUT2D eigenvalue weighted by Gasteiger charge is -2.23. The monoisotopic (exact) mass is 413 g/mol. The number of hydrogen-bond acceptors (Lipinski definition) is 5. The van der Waals surface area contributed by atoms with Gasteiger partial charge in [-0.15, -0.1) is 0 Å². The summed E-state index contributed by atoms with van der Waals surface area (Å²) >= 11 is 0. The van der Waals surface area contributed by atoms with Crippen molar-refractivity contribution in [1.82, 2.24) is 3.97 Å². The minimum atomic E-state index is -3.82. The molecule has 2 fully saturated rings. The van der Waals surface area contributed by atoms with Gasteiger partial charge in [-0.25, -0.2) is 12.4 Å². The summed E-state index contributed by atoms with van der Waals surface area (Å²) in [5.74, 6) is -0.718. The van der Waals surface area contributed by atoms with E-state index < -0.39 is 21.9 Å². The number of fused-ring (bicyclic) bond motifs is 2. The Morgan fingerprint density at radius 3 is 2.52 bits per heavy atom. The summed E-state index contributed by atoms with van der Waals surface area (Å²) in [5.41, 5.74) is 2.18. The van der Waals surface area contributed by atoms with Crippen molar-refractivity contribution < 1.29 is 22.6 Å². The van der Waals surface area contributed by atoms with E-state index in [0.29, 0.717) is 17.8 Å². The van der Waals surface area contributed by atoms with E-state index in [9.17, 15) is 8.42 Å². The Kier molecular flexibility index (Phi) is 4.15. The number of nitrogens with zero attached hydrogens (tertiary/aromatic N) is 1. The van der Waals surface area contributed by atoms with Crippen LogP contribution in [0.15, 0.2) is 59.5 Å². The molecular formula is C22H23NO5S. The maximum absolute atomic E-state index is 13.7. The molecule has 7 heteroatoms. The maximum atomic E-state index is 13.7. The average molecular weight is 413 g/mol. The zero-order valence-electron chi connectivity index (χ0n) is 16.5. The van der Waals surface area contributed by atoms with Gasteiger partial charge in [-0.2, -0.15) is 0 Å². The molecule has 5 rings (SSSR count). The van der Waals surface area contributed by atoms with Crippen LogP contribution in [0.4, 0.5) is 0 Å². The predicted molar refractivity (Wildman–Crippen MR) is 108 cm³/mol. The third-order valence-corrected chi connectivity index (χ3v) is 7.26. The summed E-state index contributed by atoms with van der Waals surface area (Å²) in [6.07, 6.45) is -1.11. The summed E-state index contributed by atoms with van der Waals surface area (Å²) in [4.78, 5) is 0.240. The van der Waals surface area contributed by atoms with Gasteiger partial charge in [0.2, 0.25) is 0 Å². The van der Waals surface area contributed by atoms with Gasteiger partial charge in [-0.05, 0) is 45.0 Å². The number of hydrogen-bond donors (Lipinski definition) is 0. The highest BCUT2D eigenvalue weighted by Crippen LogP contribution is 2.44. The zero-order chi connectivity index (χ0) is 20.4.